The monoisotopic (exact) mass is 593 g/mol. The van der Waals surface area contributed by atoms with E-state index in [0.717, 1.165) is 31.4 Å². The smallest absolute Gasteiger partial charge is 0.455 e. The molecule has 0 aromatic heterocycles. The van der Waals surface area contributed by atoms with E-state index < -0.39 is 31.7 Å². The summed E-state index contributed by atoms with van der Waals surface area (Å²) in [6, 6.07) is 0. The molecule has 0 radical (unpaired) electrons. The number of hydrogen-bond acceptors (Lipinski definition) is 7. The second-order valence-electron chi connectivity index (χ2n) is 11.1. The summed E-state index contributed by atoms with van der Waals surface area (Å²) in [5.74, 6) is -0.0301. The molecular weight excluding hydrogens is 531 g/mol. The van der Waals surface area contributed by atoms with Gasteiger partial charge in [-0.05, 0) is 50.4 Å². The molecule has 0 aliphatic rings. The maximum Gasteiger partial charge on any atom is 0.589 e. The van der Waals surface area contributed by atoms with Crippen molar-refractivity contribution in [2.75, 3.05) is 12.4 Å². The van der Waals surface area contributed by atoms with Crippen molar-refractivity contribution in [2.45, 2.75) is 180 Å². The van der Waals surface area contributed by atoms with E-state index in [0.29, 0.717) is 6.42 Å². The van der Waals surface area contributed by atoms with Crippen LogP contribution < -0.4 is 0 Å². The number of aliphatic hydroxyl groups is 1. The van der Waals surface area contributed by atoms with E-state index in [-0.39, 0.29) is 11.9 Å². The first-order chi connectivity index (χ1) is 18.7. The van der Waals surface area contributed by atoms with Crippen molar-refractivity contribution in [1.82, 2.24) is 0 Å². The Morgan fingerprint density at radius 2 is 1.26 bits per heavy atom. The molecule has 0 aromatic rings. The molecule has 0 bridgehead atoms. The third-order valence-corrected chi connectivity index (χ3v) is 9.59. The van der Waals surface area contributed by atoms with Crippen LogP contribution in [0.2, 0.25) is 0 Å². The fourth-order valence-corrected chi connectivity index (χ4v) is 6.77. The number of esters is 1. The molecule has 0 heterocycles. The van der Waals surface area contributed by atoms with Crippen molar-refractivity contribution in [3.8, 4) is 0 Å². The highest BCUT2D eigenvalue weighted by Crippen LogP contribution is 2.43. The molecule has 39 heavy (non-hydrogen) atoms. The largest absolute Gasteiger partial charge is 0.589 e. The van der Waals surface area contributed by atoms with E-state index in [1.54, 1.807) is 13.8 Å². The van der Waals surface area contributed by atoms with Gasteiger partial charge in [0.05, 0.1) is 12.2 Å². The van der Waals surface area contributed by atoms with Gasteiger partial charge in [0.15, 0.2) is 0 Å². The summed E-state index contributed by atoms with van der Waals surface area (Å²) in [6.07, 6.45) is 20.9. The van der Waals surface area contributed by atoms with Gasteiger partial charge >= 0.3 is 19.5 Å². The average molecular weight is 594 g/mol. The van der Waals surface area contributed by atoms with Gasteiger partial charge in [-0.2, -0.15) is 11.8 Å². The SMILES string of the molecule is CCCCCCCCCCCCSC(CCCCCCCC)C(C)OC(O)(C(=O)OC(C)C)[P+](=O)OCCC. The van der Waals surface area contributed by atoms with Gasteiger partial charge in [0, 0.05) is 5.25 Å². The molecule has 8 heteroatoms. The molecule has 0 spiro atoms. The minimum Gasteiger partial charge on any atom is -0.455 e. The lowest BCUT2D eigenvalue weighted by Gasteiger charge is -2.27. The van der Waals surface area contributed by atoms with Crippen LogP contribution in [0, 0.1) is 0 Å². The standard InChI is InChI=1S/C31H62O6PS/c1-7-10-12-14-16-17-18-19-21-23-26-39-29(24-22-20-15-13-11-8-2)28(6)37-31(33,30(32)36-27(4)5)38(34)35-25-9-3/h27-29,33H,7-26H2,1-6H3/q+1. The zero-order chi connectivity index (χ0) is 29.4. The van der Waals surface area contributed by atoms with Crippen LogP contribution in [0.15, 0.2) is 0 Å². The van der Waals surface area contributed by atoms with Gasteiger partial charge in [-0.25, -0.2) is 4.79 Å². The Morgan fingerprint density at radius 3 is 1.74 bits per heavy atom. The molecule has 4 unspecified atom stereocenters. The number of carbonyl (C=O) groups excluding carboxylic acids is 1. The predicted molar refractivity (Wildman–Crippen MR) is 167 cm³/mol. The van der Waals surface area contributed by atoms with Gasteiger partial charge in [0.25, 0.3) is 0 Å². The van der Waals surface area contributed by atoms with Crippen LogP contribution >= 0.6 is 19.8 Å². The number of thioether (sulfide) groups is 1. The van der Waals surface area contributed by atoms with Crippen LogP contribution in [-0.4, -0.2) is 46.4 Å². The molecule has 232 valence electrons. The lowest BCUT2D eigenvalue weighted by Crippen LogP contribution is -2.45. The Labute approximate surface area is 246 Å². The topological polar surface area (TPSA) is 82.1 Å². The van der Waals surface area contributed by atoms with Crippen molar-refractivity contribution in [3.63, 3.8) is 0 Å². The summed E-state index contributed by atoms with van der Waals surface area (Å²) in [7, 11) is -2.81. The van der Waals surface area contributed by atoms with E-state index >= 15 is 0 Å². The molecule has 0 aliphatic carbocycles. The normalized spacial score (nSPS) is 15.2. The average Bonchev–Trinajstić information content (AvgIpc) is 2.90. The molecule has 0 aromatic carbocycles. The Morgan fingerprint density at radius 1 is 0.769 bits per heavy atom. The van der Waals surface area contributed by atoms with Crippen LogP contribution in [0.5, 0.6) is 0 Å². The van der Waals surface area contributed by atoms with Gasteiger partial charge in [0.1, 0.15) is 6.61 Å². The van der Waals surface area contributed by atoms with Gasteiger partial charge in [0.2, 0.25) is 0 Å². The van der Waals surface area contributed by atoms with Crippen LogP contribution in [0.25, 0.3) is 0 Å². The Balaban J connectivity index is 4.97. The summed E-state index contributed by atoms with van der Waals surface area (Å²) in [5, 5.41) is 11.2. The molecule has 0 fully saturated rings. The lowest BCUT2D eigenvalue weighted by molar-refractivity contribution is -0.212. The number of ether oxygens (including phenoxy) is 2. The maximum absolute atomic E-state index is 12.9. The Kier molecular flexibility index (Phi) is 25.4. The van der Waals surface area contributed by atoms with Crippen LogP contribution in [0.1, 0.15) is 157 Å². The van der Waals surface area contributed by atoms with Crippen molar-refractivity contribution in [2.24, 2.45) is 0 Å². The first-order valence-corrected chi connectivity index (χ1v) is 18.3. The quantitative estimate of drug-likeness (QED) is 0.0418. The number of rotatable bonds is 28. The Bertz CT molecular complexity index is 606. The fraction of sp³-hybridized carbons (Fsp3) is 0.968. The van der Waals surface area contributed by atoms with E-state index in [1.165, 1.54) is 83.5 Å². The molecule has 0 saturated heterocycles. The molecule has 0 rings (SSSR count). The maximum atomic E-state index is 12.9. The van der Waals surface area contributed by atoms with E-state index in [9.17, 15) is 14.5 Å². The molecule has 0 aliphatic heterocycles. The second-order valence-corrected chi connectivity index (χ2v) is 13.8. The highest BCUT2D eigenvalue weighted by Gasteiger charge is 2.63. The van der Waals surface area contributed by atoms with Crippen molar-refractivity contribution in [3.05, 3.63) is 0 Å². The number of carbonyl (C=O) groups is 1. The minimum absolute atomic E-state index is 0.0858. The highest BCUT2D eigenvalue weighted by atomic mass is 32.2. The first-order valence-electron chi connectivity index (χ1n) is 16.1. The van der Waals surface area contributed by atoms with Crippen molar-refractivity contribution < 1.29 is 28.5 Å². The van der Waals surface area contributed by atoms with Gasteiger partial charge < -0.3 is 9.84 Å². The second kappa shape index (κ2) is 25.5. The van der Waals surface area contributed by atoms with Gasteiger partial charge in [-0.15, -0.1) is 4.52 Å². The van der Waals surface area contributed by atoms with Crippen LogP contribution in [0.4, 0.5) is 0 Å². The highest BCUT2D eigenvalue weighted by molar-refractivity contribution is 7.99. The summed E-state index contributed by atoms with van der Waals surface area (Å²) in [5.41, 5.74) is -2.61. The van der Waals surface area contributed by atoms with Crippen molar-refractivity contribution >= 4 is 25.8 Å². The molecule has 6 nitrogen and oxygen atoms in total. The van der Waals surface area contributed by atoms with E-state index in [4.69, 9.17) is 14.0 Å². The molecule has 0 saturated carbocycles. The molecular formula is C31H62O6PS+. The first kappa shape index (κ1) is 38.8. The minimum atomic E-state index is -2.81. The van der Waals surface area contributed by atoms with Gasteiger partial charge in [-0.1, -0.05) is 117 Å². The molecule has 0 amide bonds. The number of hydrogen-bond donors (Lipinski definition) is 1. The van der Waals surface area contributed by atoms with E-state index in [1.807, 2.05) is 25.6 Å². The molecule has 1 N–H and O–H groups in total. The van der Waals surface area contributed by atoms with Gasteiger partial charge in [-0.3, -0.25) is 4.74 Å². The van der Waals surface area contributed by atoms with Crippen molar-refractivity contribution in [1.29, 1.82) is 0 Å². The third kappa shape index (κ3) is 19.5. The third-order valence-electron chi connectivity index (χ3n) is 6.81. The van der Waals surface area contributed by atoms with E-state index in [2.05, 4.69) is 13.8 Å². The fourth-order valence-electron chi connectivity index (χ4n) is 4.46. The number of unbranched alkanes of at least 4 members (excludes halogenated alkanes) is 14. The zero-order valence-electron chi connectivity index (χ0n) is 26.2. The Hall–Kier alpha value is -0.200. The van der Waals surface area contributed by atoms with Crippen LogP contribution in [0.3, 0.4) is 0 Å². The summed E-state index contributed by atoms with van der Waals surface area (Å²) >= 11 is 1.85. The lowest BCUT2D eigenvalue weighted by atomic mass is 10.1. The predicted octanol–water partition coefficient (Wildman–Crippen LogP) is 9.93. The summed E-state index contributed by atoms with van der Waals surface area (Å²) < 4.78 is 29.3. The van der Waals surface area contributed by atoms with Crippen LogP contribution in [-0.2, 0) is 23.4 Å². The molecule has 4 atom stereocenters. The zero-order valence-corrected chi connectivity index (χ0v) is 27.9. The summed E-state index contributed by atoms with van der Waals surface area (Å²) in [6.45, 7) is 11.8. The summed E-state index contributed by atoms with van der Waals surface area (Å²) in [4.78, 5) is 12.8.